The van der Waals surface area contributed by atoms with Gasteiger partial charge < -0.3 is 19.1 Å². The quantitative estimate of drug-likeness (QED) is 0.683. The zero-order chi connectivity index (χ0) is 22.2. The fourth-order valence-electron chi connectivity index (χ4n) is 4.07. The van der Waals surface area contributed by atoms with Crippen LogP contribution in [0.1, 0.15) is 41.9 Å². The summed E-state index contributed by atoms with van der Waals surface area (Å²) >= 11 is 6.39. The molecule has 31 heavy (non-hydrogen) atoms. The van der Waals surface area contributed by atoms with Crippen molar-refractivity contribution < 1.29 is 23.4 Å². The number of rotatable bonds is 5. The van der Waals surface area contributed by atoms with Gasteiger partial charge in [-0.3, -0.25) is 9.78 Å². The van der Waals surface area contributed by atoms with Crippen LogP contribution in [0.25, 0.3) is 0 Å². The van der Waals surface area contributed by atoms with E-state index in [0.717, 1.165) is 5.56 Å². The number of carbonyl (C=O) groups is 1. The highest BCUT2D eigenvalue weighted by Gasteiger charge is 2.53. The molecule has 6 nitrogen and oxygen atoms in total. The maximum atomic E-state index is 13.7. The summed E-state index contributed by atoms with van der Waals surface area (Å²) in [4.78, 5) is 19.4. The lowest BCUT2D eigenvalue weighted by Gasteiger charge is -2.41. The smallest absolute Gasteiger partial charge is 0.253 e. The average molecular weight is 449 g/mol. The monoisotopic (exact) mass is 448 g/mol. The molecule has 2 aliphatic rings. The number of pyridine rings is 1. The highest BCUT2D eigenvalue weighted by atomic mass is 35.5. The van der Waals surface area contributed by atoms with Crippen molar-refractivity contribution in [1.82, 2.24) is 9.88 Å². The predicted molar refractivity (Wildman–Crippen MR) is 114 cm³/mol. The lowest BCUT2D eigenvalue weighted by atomic mass is 9.84. The summed E-state index contributed by atoms with van der Waals surface area (Å²) < 4.78 is 31.1. The van der Waals surface area contributed by atoms with E-state index in [-0.39, 0.29) is 25.4 Å². The van der Waals surface area contributed by atoms with Crippen LogP contribution in [-0.4, -0.2) is 54.1 Å². The fourth-order valence-corrected chi connectivity index (χ4v) is 4.35. The van der Waals surface area contributed by atoms with Crippen molar-refractivity contribution in [2.75, 3.05) is 26.5 Å². The third-order valence-corrected chi connectivity index (χ3v) is 5.99. The Morgan fingerprint density at radius 2 is 2.23 bits per heavy atom. The van der Waals surface area contributed by atoms with Crippen molar-refractivity contribution >= 4 is 17.5 Å². The number of nitrogens with zero attached hydrogens (tertiary/aromatic N) is 2. The molecular formula is C23H26ClFN2O4. The van der Waals surface area contributed by atoms with Crippen LogP contribution in [0.2, 0.25) is 5.02 Å². The molecule has 3 heterocycles. The van der Waals surface area contributed by atoms with Crippen LogP contribution in [0.15, 0.2) is 36.5 Å². The van der Waals surface area contributed by atoms with E-state index >= 15 is 0 Å². The number of halogens is 2. The highest BCUT2D eigenvalue weighted by Crippen LogP contribution is 2.44. The Bertz CT molecular complexity index is 980. The zero-order valence-corrected chi connectivity index (χ0v) is 18.6. The largest absolute Gasteiger partial charge is 0.490 e. The van der Waals surface area contributed by atoms with Crippen LogP contribution in [0, 0.1) is 6.92 Å². The minimum atomic E-state index is -1.43. The number of ether oxygens (including phenoxy) is 3. The summed E-state index contributed by atoms with van der Waals surface area (Å²) in [6.45, 7) is 5.71. The van der Waals surface area contributed by atoms with Gasteiger partial charge in [-0.15, -0.1) is 0 Å². The summed E-state index contributed by atoms with van der Waals surface area (Å²) in [6, 6.07) is 8.75. The van der Waals surface area contributed by atoms with Crippen LogP contribution >= 0.6 is 11.6 Å². The van der Waals surface area contributed by atoms with E-state index in [9.17, 15) is 9.18 Å². The van der Waals surface area contributed by atoms with Gasteiger partial charge >= 0.3 is 0 Å². The van der Waals surface area contributed by atoms with E-state index in [2.05, 4.69) is 4.98 Å². The molecular weight excluding hydrogens is 423 g/mol. The molecule has 2 fully saturated rings. The van der Waals surface area contributed by atoms with Gasteiger partial charge in [0.1, 0.15) is 36.5 Å². The first-order valence-electron chi connectivity index (χ1n) is 10.3. The SMILES string of the molecule is Cc1cc(C(=O)N2CC[C@]3(c4ncccc4Cl)OCO[C@@H]3C2)ccc1OCC(C)(C)F. The Morgan fingerprint density at radius 3 is 2.94 bits per heavy atom. The molecule has 0 spiro atoms. The summed E-state index contributed by atoms with van der Waals surface area (Å²) in [6.07, 6.45) is 1.86. The standard InChI is InChI=1S/C23H26ClFN2O4/c1-15-11-16(6-7-18(15)29-13-22(2,3)25)21(28)27-10-8-23(19(12-27)30-14-31-23)20-17(24)5-4-9-26-20/h4-7,9,11,19H,8,10,12-14H2,1-3H3/t19-,23+/m1/s1. The molecule has 0 unspecified atom stereocenters. The van der Waals surface area contributed by atoms with Crippen molar-refractivity contribution in [3.8, 4) is 5.75 Å². The van der Waals surface area contributed by atoms with Gasteiger partial charge in [0.05, 0.1) is 17.3 Å². The zero-order valence-electron chi connectivity index (χ0n) is 17.9. The average Bonchev–Trinajstić information content (AvgIpc) is 3.16. The molecule has 0 saturated carbocycles. The second-order valence-electron chi connectivity index (χ2n) is 8.63. The number of piperidine rings is 1. The van der Waals surface area contributed by atoms with Crippen LogP contribution in [0.5, 0.6) is 5.75 Å². The lowest BCUT2D eigenvalue weighted by Crippen LogP contribution is -2.54. The normalized spacial score (nSPS) is 23.5. The maximum Gasteiger partial charge on any atom is 0.253 e. The number of benzene rings is 1. The number of hydrogen-bond acceptors (Lipinski definition) is 5. The van der Waals surface area contributed by atoms with Crippen molar-refractivity contribution in [2.24, 2.45) is 0 Å². The second kappa shape index (κ2) is 8.37. The summed E-state index contributed by atoms with van der Waals surface area (Å²) in [5, 5.41) is 0.528. The van der Waals surface area contributed by atoms with Crippen LogP contribution in [0.3, 0.4) is 0 Å². The first kappa shape index (κ1) is 22.0. The molecule has 1 aromatic heterocycles. The number of carbonyl (C=O) groups excluding carboxylic acids is 1. The molecule has 8 heteroatoms. The maximum absolute atomic E-state index is 13.7. The van der Waals surface area contributed by atoms with Gasteiger partial charge in [0.15, 0.2) is 0 Å². The van der Waals surface area contributed by atoms with Crippen LogP contribution < -0.4 is 4.74 Å². The van der Waals surface area contributed by atoms with Gasteiger partial charge in [-0.25, -0.2) is 4.39 Å². The van der Waals surface area contributed by atoms with Crippen LogP contribution in [0.4, 0.5) is 4.39 Å². The Morgan fingerprint density at radius 1 is 1.42 bits per heavy atom. The molecule has 0 radical (unpaired) electrons. The highest BCUT2D eigenvalue weighted by molar-refractivity contribution is 6.31. The van der Waals surface area contributed by atoms with Gasteiger partial charge in [0.25, 0.3) is 5.91 Å². The van der Waals surface area contributed by atoms with Gasteiger partial charge in [-0.1, -0.05) is 11.6 Å². The first-order valence-corrected chi connectivity index (χ1v) is 10.7. The molecule has 4 rings (SSSR count). The minimum absolute atomic E-state index is 0.0512. The predicted octanol–water partition coefficient (Wildman–Crippen LogP) is 4.28. The number of amides is 1. The second-order valence-corrected chi connectivity index (χ2v) is 9.04. The Hall–Kier alpha value is -2.22. The third kappa shape index (κ3) is 4.40. The van der Waals surface area contributed by atoms with Gasteiger partial charge in [0.2, 0.25) is 0 Å². The number of hydrogen-bond donors (Lipinski definition) is 0. The van der Waals surface area contributed by atoms with E-state index in [4.69, 9.17) is 25.8 Å². The molecule has 2 aromatic rings. The molecule has 2 saturated heterocycles. The molecule has 166 valence electrons. The summed E-state index contributed by atoms with van der Waals surface area (Å²) in [5.41, 5.74) is -0.198. The van der Waals surface area contributed by atoms with Gasteiger partial charge in [0, 0.05) is 24.7 Å². The topological polar surface area (TPSA) is 60.9 Å². The van der Waals surface area contributed by atoms with Crippen molar-refractivity contribution in [3.63, 3.8) is 0 Å². The minimum Gasteiger partial charge on any atom is -0.490 e. The van der Waals surface area contributed by atoms with E-state index in [1.54, 1.807) is 41.4 Å². The van der Waals surface area contributed by atoms with E-state index in [0.29, 0.717) is 41.5 Å². The number of fused-ring (bicyclic) bond motifs is 1. The third-order valence-electron chi connectivity index (χ3n) is 5.68. The van der Waals surface area contributed by atoms with Crippen molar-refractivity contribution in [3.05, 3.63) is 58.4 Å². The number of likely N-dealkylation sites (tertiary alicyclic amines) is 1. The lowest BCUT2D eigenvalue weighted by molar-refractivity contribution is -0.0469. The summed E-state index contributed by atoms with van der Waals surface area (Å²) in [5.74, 6) is 0.467. The van der Waals surface area contributed by atoms with E-state index < -0.39 is 11.3 Å². The molecule has 1 aromatic carbocycles. The number of aryl methyl sites for hydroxylation is 1. The molecule has 1 amide bonds. The van der Waals surface area contributed by atoms with E-state index in [1.807, 2.05) is 6.92 Å². The molecule has 0 aliphatic carbocycles. The molecule has 2 atom stereocenters. The molecule has 0 N–H and O–H groups in total. The Balaban J connectivity index is 1.49. The van der Waals surface area contributed by atoms with Crippen molar-refractivity contribution in [1.29, 1.82) is 0 Å². The Labute approximate surface area is 186 Å². The van der Waals surface area contributed by atoms with Gasteiger partial charge in [-0.05, 0) is 56.7 Å². The number of alkyl halides is 1. The fraction of sp³-hybridized carbons (Fsp3) is 0.478. The van der Waals surface area contributed by atoms with Crippen molar-refractivity contribution in [2.45, 2.75) is 44.6 Å². The van der Waals surface area contributed by atoms with Gasteiger partial charge in [-0.2, -0.15) is 0 Å². The number of aromatic nitrogens is 1. The summed E-state index contributed by atoms with van der Waals surface area (Å²) in [7, 11) is 0. The first-order chi connectivity index (χ1) is 14.7. The van der Waals surface area contributed by atoms with Crippen LogP contribution in [-0.2, 0) is 15.1 Å². The Kier molecular flexibility index (Phi) is 5.94. The molecule has 0 bridgehead atoms. The van der Waals surface area contributed by atoms with E-state index in [1.165, 1.54) is 13.8 Å². The molecule has 2 aliphatic heterocycles.